The van der Waals surface area contributed by atoms with Crippen LogP contribution in [-0.2, 0) is 9.59 Å². The average Bonchev–Trinajstić information content (AvgIpc) is 2.42. The number of hydrogen-bond acceptors (Lipinski definition) is 2. The Morgan fingerprint density at radius 3 is 2.57 bits per heavy atom. The van der Waals surface area contributed by atoms with Crippen LogP contribution in [0.4, 0.5) is 0 Å². The van der Waals surface area contributed by atoms with Gasteiger partial charge in [0.25, 0.3) is 0 Å². The van der Waals surface area contributed by atoms with Gasteiger partial charge in [-0.3, -0.25) is 9.59 Å². The molecule has 116 valence electrons. The van der Waals surface area contributed by atoms with Crippen molar-refractivity contribution < 1.29 is 9.59 Å². The molecule has 0 saturated heterocycles. The number of halogens is 1. The molecule has 1 rings (SSSR count). The van der Waals surface area contributed by atoms with E-state index in [1.165, 1.54) is 6.92 Å². The smallest absolute Gasteiger partial charge is 0.220 e. The van der Waals surface area contributed by atoms with Crippen LogP contribution in [0.3, 0.4) is 0 Å². The second-order valence-corrected chi connectivity index (χ2v) is 5.96. The van der Waals surface area contributed by atoms with Gasteiger partial charge in [-0.2, -0.15) is 0 Å². The molecule has 0 saturated carbocycles. The van der Waals surface area contributed by atoms with Crippen molar-refractivity contribution in [3.05, 3.63) is 34.3 Å². The van der Waals surface area contributed by atoms with E-state index < -0.39 is 0 Å². The molecule has 0 aromatic heterocycles. The van der Waals surface area contributed by atoms with Gasteiger partial charge >= 0.3 is 0 Å². The summed E-state index contributed by atoms with van der Waals surface area (Å²) < 4.78 is 1.01. The van der Waals surface area contributed by atoms with Gasteiger partial charge in [0.05, 0.1) is 6.04 Å². The lowest BCUT2D eigenvalue weighted by molar-refractivity contribution is -0.122. The molecule has 0 bridgehead atoms. The molecular weight excluding hydrogens is 332 g/mol. The Bertz CT molecular complexity index is 477. The lowest BCUT2D eigenvalue weighted by Gasteiger charge is -2.15. The van der Waals surface area contributed by atoms with Crippen LogP contribution in [0.5, 0.6) is 0 Å². The van der Waals surface area contributed by atoms with Crippen molar-refractivity contribution in [2.45, 2.75) is 45.6 Å². The fourth-order valence-electron chi connectivity index (χ4n) is 2.07. The maximum absolute atomic E-state index is 11.9. The third kappa shape index (κ3) is 7.27. The lowest BCUT2D eigenvalue weighted by atomic mass is 10.1. The van der Waals surface area contributed by atoms with Gasteiger partial charge in [0.15, 0.2) is 0 Å². The van der Waals surface area contributed by atoms with Gasteiger partial charge < -0.3 is 10.6 Å². The molecule has 1 unspecified atom stereocenters. The van der Waals surface area contributed by atoms with E-state index in [1.54, 1.807) is 0 Å². The van der Waals surface area contributed by atoms with Crippen molar-refractivity contribution in [1.82, 2.24) is 10.6 Å². The predicted molar refractivity (Wildman–Crippen MR) is 87.9 cm³/mol. The Balaban J connectivity index is 2.22. The molecule has 0 heterocycles. The summed E-state index contributed by atoms with van der Waals surface area (Å²) in [5, 5.41) is 5.76. The summed E-state index contributed by atoms with van der Waals surface area (Å²) in [6, 6.07) is 7.89. The zero-order valence-electron chi connectivity index (χ0n) is 12.6. The van der Waals surface area contributed by atoms with Gasteiger partial charge in [-0.1, -0.05) is 40.5 Å². The van der Waals surface area contributed by atoms with Crippen LogP contribution in [0.1, 0.15) is 51.1 Å². The molecule has 5 heteroatoms. The third-order valence-electron chi connectivity index (χ3n) is 3.20. The average molecular weight is 355 g/mol. The summed E-state index contributed by atoms with van der Waals surface area (Å²) in [5.74, 6) is 0.0628. The highest BCUT2D eigenvalue weighted by Crippen LogP contribution is 2.22. The summed E-state index contributed by atoms with van der Waals surface area (Å²) >= 11 is 3.49. The molecule has 0 spiro atoms. The molecule has 0 aliphatic carbocycles. The molecule has 0 fully saturated rings. The summed E-state index contributed by atoms with van der Waals surface area (Å²) in [7, 11) is 0. The molecule has 0 radical (unpaired) electrons. The second-order valence-electron chi connectivity index (χ2n) is 5.10. The zero-order chi connectivity index (χ0) is 15.7. The molecule has 21 heavy (non-hydrogen) atoms. The predicted octanol–water partition coefficient (Wildman–Crippen LogP) is 3.32. The lowest BCUT2D eigenvalue weighted by Crippen LogP contribution is -2.26. The highest BCUT2D eigenvalue weighted by molar-refractivity contribution is 9.10. The standard InChI is InChI=1S/C16H23BrN2O2/c1-12(14-8-5-6-9-15(14)17)19-16(21)10-4-3-7-11-18-13(2)20/h5-6,8-9,12H,3-4,7,10-11H2,1-2H3,(H,18,20)(H,19,21). The van der Waals surface area contributed by atoms with E-state index in [-0.39, 0.29) is 17.9 Å². The van der Waals surface area contributed by atoms with Crippen LogP contribution in [0.2, 0.25) is 0 Å². The molecule has 0 aliphatic rings. The largest absolute Gasteiger partial charge is 0.356 e. The van der Waals surface area contributed by atoms with Crippen molar-refractivity contribution in [3.8, 4) is 0 Å². The molecule has 2 amide bonds. The van der Waals surface area contributed by atoms with Crippen LogP contribution < -0.4 is 10.6 Å². The van der Waals surface area contributed by atoms with Crippen molar-refractivity contribution in [1.29, 1.82) is 0 Å². The number of hydrogen-bond donors (Lipinski definition) is 2. The molecular formula is C16H23BrN2O2. The minimum atomic E-state index is -0.00699. The SMILES string of the molecule is CC(=O)NCCCCCC(=O)NC(C)c1ccccc1Br. The van der Waals surface area contributed by atoms with Crippen molar-refractivity contribution in [2.75, 3.05) is 6.54 Å². The summed E-state index contributed by atoms with van der Waals surface area (Å²) in [6.45, 7) is 4.18. The summed E-state index contributed by atoms with van der Waals surface area (Å²) in [6.07, 6.45) is 3.22. The van der Waals surface area contributed by atoms with E-state index in [4.69, 9.17) is 0 Å². The number of rotatable bonds is 8. The number of carbonyl (C=O) groups is 2. The first-order chi connectivity index (χ1) is 10.0. The Kier molecular flexibility index (Phi) is 8.05. The molecule has 4 nitrogen and oxygen atoms in total. The summed E-state index contributed by atoms with van der Waals surface area (Å²) in [5.41, 5.74) is 1.08. The van der Waals surface area contributed by atoms with Gasteiger partial charge in [-0.15, -0.1) is 0 Å². The maximum atomic E-state index is 11.9. The normalized spacial score (nSPS) is 11.8. The monoisotopic (exact) mass is 354 g/mol. The van der Waals surface area contributed by atoms with Crippen LogP contribution >= 0.6 is 15.9 Å². The van der Waals surface area contributed by atoms with Crippen molar-refractivity contribution in [3.63, 3.8) is 0 Å². The van der Waals surface area contributed by atoms with Crippen LogP contribution in [0, 0.1) is 0 Å². The van der Waals surface area contributed by atoms with E-state index in [2.05, 4.69) is 26.6 Å². The first-order valence-electron chi connectivity index (χ1n) is 7.29. The van der Waals surface area contributed by atoms with Gasteiger partial charge in [-0.25, -0.2) is 0 Å². The number of amides is 2. The molecule has 1 aromatic carbocycles. The topological polar surface area (TPSA) is 58.2 Å². The molecule has 1 aromatic rings. The minimum absolute atomic E-state index is 0.00462. The van der Waals surface area contributed by atoms with Crippen LogP contribution in [0.25, 0.3) is 0 Å². The van der Waals surface area contributed by atoms with Crippen molar-refractivity contribution in [2.24, 2.45) is 0 Å². The molecule has 0 aliphatic heterocycles. The second kappa shape index (κ2) is 9.55. The van der Waals surface area contributed by atoms with E-state index in [0.29, 0.717) is 13.0 Å². The first kappa shape index (κ1) is 17.7. The van der Waals surface area contributed by atoms with Gasteiger partial charge in [0.1, 0.15) is 0 Å². The Labute approximate surface area is 134 Å². The summed E-state index contributed by atoms with van der Waals surface area (Å²) in [4.78, 5) is 22.6. The Morgan fingerprint density at radius 2 is 1.90 bits per heavy atom. The zero-order valence-corrected chi connectivity index (χ0v) is 14.2. The first-order valence-corrected chi connectivity index (χ1v) is 8.08. The highest BCUT2D eigenvalue weighted by Gasteiger charge is 2.11. The Hall–Kier alpha value is -1.36. The van der Waals surface area contributed by atoms with Gasteiger partial charge in [0.2, 0.25) is 11.8 Å². The fourth-order valence-corrected chi connectivity index (χ4v) is 2.70. The number of unbranched alkanes of at least 4 members (excludes halogenated alkanes) is 2. The Morgan fingerprint density at radius 1 is 1.19 bits per heavy atom. The van der Waals surface area contributed by atoms with Crippen molar-refractivity contribution >= 4 is 27.7 Å². The van der Waals surface area contributed by atoms with E-state index >= 15 is 0 Å². The van der Waals surface area contributed by atoms with E-state index in [1.807, 2.05) is 31.2 Å². The highest BCUT2D eigenvalue weighted by atomic mass is 79.9. The van der Waals surface area contributed by atoms with Gasteiger partial charge in [0, 0.05) is 24.4 Å². The van der Waals surface area contributed by atoms with Crippen LogP contribution in [0.15, 0.2) is 28.7 Å². The number of nitrogens with one attached hydrogen (secondary N) is 2. The minimum Gasteiger partial charge on any atom is -0.356 e. The number of carbonyl (C=O) groups excluding carboxylic acids is 2. The van der Waals surface area contributed by atoms with Gasteiger partial charge in [-0.05, 0) is 31.4 Å². The van der Waals surface area contributed by atoms with E-state index in [9.17, 15) is 9.59 Å². The number of benzene rings is 1. The fraction of sp³-hybridized carbons (Fsp3) is 0.500. The van der Waals surface area contributed by atoms with E-state index in [0.717, 1.165) is 29.3 Å². The van der Waals surface area contributed by atoms with Crippen LogP contribution in [-0.4, -0.2) is 18.4 Å². The molecule has 1 atom stereocenters. The third-order valence-corrected chi connectivity index (χ3v) is 3.93. The molecule has 2 N–H and O–H groups in total. The quantitative estimate of drug-likeness (QED) is 0.703. The maximum Gasteiger partial charge on any atom is 0.220 e.